The number of phenols is 1. The predicted octanol–water partition coefficient (Wildman–Crippen LogP) is 2.33. The lowest BCUT2D eigenvalue weighted by atomic mass is 9.80. The molecule has 2 heteroatoms. The number of aromatic hydroxyl groups is 1. The van der Waals surface area contributed by atoms with Crippen LogP contribution in [0.3, 0.4) is 0 Å². The van der Waals surface area contributed by atoms with Gasteiger partial charge in [0.25, 0.3) is 0 Å². The van der Waals surface area contributed by atoms with Crippen LogP contribution in [0.4, 0.5) is 0 Å². The summed E-state index contributed by atoms with van der Waals surface area (Å²) >= 11 is 0. The highest BCUT2D eigenvalue weighted by molar-refractivity contribution is 5.40. The standard InChI is InChI=1S/C12H19NO/c1-9-4-5-11(14)10(8-9)12(2,3)6-7-13/h4-5,8,14H,6-7,13H2,1-3H3. The summed E-state index contributed by atoms with van der Waals surface area (Å²) in [5, 5.41) is 9.76. The van der Waals surface area contributed by atoms with Crippen LogP contribution in [0.2, 0.25) is 0 Å². The van der Waals surface area contributed by atoms with Crippen molar-refractivity contribution in [1.29, 1.82) is 0 Å². The highest BCUT2D eigenvalue weighted by Crippen LogP contribution is 2.33. The highest BCUT2D eigenvalue weighted by atomic mass is 16.3. The molecule has 1 rings (SSSR count). The van der Waals surface area contributed by atoms with Crippen LogP contribution in [-0.2, 0) is 5.41 Å². The monoisotopic (exact) mass is 193 g/mol. The van der Waals surface area contributed by atoms with E-state index < -0.39 is 0 Å². The van der Waals surface area contributed by atoms with Crippen LogP contribution in [0.5, 0.6) is 5.75 Å². The summed E-state index contributed by atoms with van der Waals surface area (Å²) in [4.78, 5) is 0. The van der Waals surface area contributed by atoms with Gasteiger partial charge in [0, 0.05) is 0 Å². The van der Waals surface area contributed by atoms with Crippen LogP contribution in [0.25, 0.3) is 0 Å². The van der Waals surface area contributed by atoms with E-state index in [1.807, 2.05) is 19.1 Å². The zero-order valence-electron chi connectivity index (χ0n) is 9.17. The Morgan fingerprint density at radius 2 is 2.00 bits per heavy atom. The predicted molar refractivity (Wildman–Crippen MR) is 59.5 cm³/mol. The molecular formula is C12H19NO. The Balaban J connectivity index is 3.10. The van der Waals surface area contributed by atoms with Crippen molar-refractivity contribution in [2.24, 2.45) is 5.73 Å². The Labute approximate surface area is 85.8 Å². The summed E-state index contributed by atoms with van der Waals surface area (Å²) in [6.45, 7) is 6.88. The van der Waals surface area contributed by atoms with Gasteiger partial charge in [0.05, 0.1) is 0 Å². The van der Waals surface area contributed by atoms with Gasteiger partial charge in [0.1, 0.15) is 5.75 Å². The molecule has 0 heterocycles. The molecule has 0 aliphatic rings. The van der Waals surface area contributed by atoms with Gasteiger partial charge < -0.3 is 10.8 Å². The molecule has 2 nitrogen and oxygen atoms in total. The molecule has 1 aromatic rings. The normalized spacial score (nSPS) is 11.7. The van der Waals surface area contributed by atoms with E-state index in [0.29, 0.717) is 12.3 Å². The van der Waals surface area contributed by atoms with Crippen molar-refractivity contribution in [2.75, 3.05) is 6.54 Å². The Kier molecular flexibility index (Phi) is 3.17. The molecule has 0 radical (unpaired) electrons. The second kappa shape index (κ2) is 4.01. The molecule has 0 aliphatic heterocycles. The summed E-state index contributed by atoms with van der Waals surface area (Å²) in [5.41, 5.74) is 7.67. The fraction of sp³-hybridized carbons (Fsp3) is 0.500. The molecule has 0 fully saturated rings. The van der Waals surface area contributed by atoms with Gasteiger partial charge in [0.2, 0.25) is 0 Å². The average Bonchev–Trinajstić information content (AvgIpc) is 2.09. The van der Waals surface area contributed by atoms with Gasteiger partial charge in [-0.2, -0.15) is 0 Å². The van der Waals surface area contributed by atoms with Crippen molar-refractivity contribution in [3.05, 3.63) is 29.3 Å². The maximum atomic E-state index is 9.76. The van der Waals surface area contributed by atoms with Gasteiger partial charge in [-0.3, -0.25) is 0 Å². The summed E-state index contributed by atoms with van der Waals surface area (Å²) in [6, 6.07) is 5.70. The van der Waals surface area contributed by atoms with Crippen LogP contribution in [-0.4, -0.2) is 11.7 Å². The van der Waals surface area contributed by atoms with Crippen LogP contribution in [0, 0.1) is 6.92 Å². The summed E-state index contributed by atoms with van der Waals surface area (Å²) in [5.74, 6) is 0.369. The Hall–Kier alpha value is -1.02. The highest BCUT2D eigenvalue weighted by Gasteiger charge is 2.22. The third-order valence-electron chi connectivity index (χ3n) is 2.65. The zero-order valence-corrected chi connectivity index (χ0v) is 9.17. The number of nitrogens with two attached hydrogens (primary N) is 1. The second-order valence-electron chi connectivity index (χ2n) is 4.44. The summed E-state index contributed by atoms with van der Waals surface area (Å²) in [6.07, 6.45) is 0.879. The van der Waals surface area contributed by atoms with Crippen molar-refractivity contribution >= 4 is 0 Å². The molecule has 0 saturated heterocycles. The molecule has 1 aromatic carbocycles. The number of rotatable bonds is 3. The van der Waals surface area contributed by atoms with E-state index in [0.717, 1.165) is 12.0 Å². The zero-order chi connectivity index (χ0) is 10.8. The average molecular weight is 193 g/mol. The SMILES string of the molecule is Cc1ccc(O)c(C(C)(C)CCN)c1. The molecule has 14 heavy (non-hydrogen) atoms. The van der Waals surface area contributed by atoms with Gasteiger partial charge in [0.15, 0.2) is 0 Å². The third-order valence-corrected chi connectivity index (χ3v) is 2.65. The molecule has 0 amide bonds. The molecule has 0 bridgehead atoms. The minimum Gasteiger partial charge on any atom is -0.508 e. The van der Waals surface area contributed by atoms with Crippen LogP contribution < -0.4 is 5.73 Å². The molecule has 0 unspecified atom stereocenters. The molecule has 0 aliphatic carbocycles. The smallest absolute Gasteiger partial charge is 0.119 e. The maximum Gasteiger partial charge on any atom is 0.119 e. The first-order chi connectivity index (χ1) is 6.47. The molecule has 0 saturated carbocycles. The van der Waals surface area contributed by atoms with Gasteiger partial charge in [-0.05, 0) is 36.9 Å². The van der Waals surface area contributed by atoms with Crippen molar-refractivity contribution in [3.63, 3.8) is 0 Å². The quantitative estimate of drug-likeness (QED) is 0.774. The second-order valence-corrected chi connectivity index (χ2v) is 4.44. The Morgan fingerprint density at radius 1 is 1.36 bits per heavy atom. The van der Waals surface area contributed by atoms with Crippen LogP contribution >= 0.6 is 0 Å². The van der Waals surface area contributed by atoms with Gasteiger partial charge in [-0.25, -0.2) is 0 Å². The third kappa shape index (κ3) is 2.26. The van der Waals surface area contributed by atoms with Crippen molar-refractivity contribution in [2.45, 2.75) is 32.6 Å². The number of aryl methyl sites for hydroxylation is 1. The first kappa shape index (κ1) is 11.1. The van der Waals surface area contributed by atoms with E-state index in [4.69, 9.17) is 5.73 Å². The lowest BCUT2D eigenvalue weighted by molar-refractivity contribution is 0.423. The van der Waals surface area contributed by atoms with Crippen molar-refractivity contribution in [1.82, 2.24) is 0 Å². The van der Waals surface area contributed by atoms with E-state index >= 15 is 0 Å². The number of phenolic OH excluding ortho intramolecular Hbond substituents is 1. The molecule has 3 N–H and O–H groups in total. The Bertz CT molecular complexity index is 318. The van der Waals surface area contributed by atoms with E-state index in [2.05, 4.69) is 13.8 Å². The van der Waals surface area contributed by atoms with E-state index in [1.54, 1.807) is 6.07 Å². The topological polar surface area (TPSA) is 46.2 Å². The van der Waals surface area contributed by atoms with E-state index in [9.17, 15) is 5.11 Å². The van der Waals surface area contributed by atoms with Gasteiger partial charge >= 0.3 is 0 Å². The fourth-order valence-electron chi connectivity index (χ4n) is 1.69. The molecule has 78 valence electrons. The Morgan fingerprint density at radius 3 is 2.57 bits per heavy atom. The fourth-order valence-corrected chi connectivity index (χ4v) is 1.69. The minimum atomic E-state index is -0.0507. The summed E-state index contributed by atoms with van der Waals surface area (Å²) in [7, 11) is 0. The number of hydrogen-bond acceptors (Lipinski definition) is 2. The molecule has 0 aromatic heterocycles. The largest absolute Gasteiger partial charge is 0.508 e. The molecule has 0 spiro atoms. The molecule has 0 atom stereocenters. The van der Waals surface area contributed by atoms with E-state index in [-0.39, 0.29) is 5.41 Å². The first-order valence-corrected chi connectivity index (χ1v) is 4.97. The van der Waals surface area contributed by atoms with Gasteiger partial charge in [-0.1, -0.05) is 31.5 Å². The minimum absolute atomic E-state index is 0.0507. The number of hydrogen-bond donors (Lipinski definition) is 2. The van der Waals surface area contributed by atoms with Crippen LogP contribution in [0.15, 0.2) is 18.2 Å². The first-order valence-electron chi connectivity index (χ1n) is 4.97. The van der Waals surface area contributed by atoms with Crippen molar-refractivity contribution < 1.29 is 5.11 Å². The maximum absolute atomic E-state index is 9.76. The number of benzene rings is 1. The van der Waals surface area contributed by atoms with Crippen LogP contribution in [0.1, 0.15) is 31.4 Å². The molecular weight excluding hydrogens is 174 g/mol. The van der Waals surface area contributed by atoms with E-state index in [1.165, 1.54) is 5.56 Å². The lowest BCUT2D eigenvalue weighted by Gasteiger charge is -2.25. The lowest BCUT2D eigenvalue weighted by Crippen LogP contribution is -2.21. The van der Waals surface area contributed by atoms with Crippen molar-refractivity contribution in [3.8, 4) is 5.75 Å². The van der Waals surface area contributed by atoms with Gasteiger partial charge in [-0.15, -0.1) is 0 Å². The summed E-state index contributed by atoms with van der Waals surface area (Å²) < 4.78 is 0.